The van der Waals surface area contributed by atoms with Crippen LogP contribution in [0.15, 0.2) is 32.9 Å². The zero-order chi connectivity index (χ0) is 24.7. The average molecular weight is 528 g/mol. The van der Waals surface area contributed by atoms with Crippen molar-refractivity contribution in [2.75, 3.05) is 11.5 Å². The number of nitrogen functional groups attached to an aromatic ring is 2. The molecule has 1 saturated heterocycles. The summed E-state index contributed by atoms with van der Waals surface area (Å²) in [5, 5.41) is 24.4. The van der Waals surface area contributed by atoms with Gasteiger partial charge in [0.05, 0.1) is 6.04 Å². The number of allylic oxidation sites excluding steroid dienone is 1. The molecule has 178 valence electrons. The van der Waals surface area contributed by atoms with E-state index in [-0.39, 0.29) is 33.1 Å². The van der Waals surface area contributed by atoms with E-state index < -0.39 is 41.4 Å². The van der Waals surface area contributed by atoms with Crippen LogP contribution < -0.4 is 16.8 Å². The van der Waals surface area contributed by atoms with Gasteiger partial charge in [-0.05, 0) is 18.9 Å². The molecule has 16 heteroatoms. The molecule has 0 aromatic carbocycles. The average Bonchev–Trinajstić information content (AvgIpc) is 3.12. The number of pyridine rings is 1. The SMILES string of the molecule is Nc1nc(/C(=N/O)C(=O)N[C@@H]2C(=O)N3C(C(=O)O)=C(Sc4cnc(N)c(F)c4)CC[C@H]23)c(Cl)s1. The summed E-state index contributed by atoms with van der Waals surface area (Å²) < 4.78 is 13.8. The monoisotopic (exact) mass is 527 g/mol. The summed E-state index contributed by atoms with van der Waals surface area (Å²) >= 11 is 7.80. The molecule has 1 fully saturated rings. The molecule has 0 saturated carbocycles. The van der Waals surface area contributed by atoms with E-state index in [0.717, 1.165) is 34.1 Å². The summed E-state index contributed by atoms with van der Waals surface area (Å²) in [6.07, 6.45) is 1.86. The van der Waals surface area contributed by atoms with Crippen molar-refractivity contribution in [3.63, 3.8) is 0 Å². The van der Waals surface area contributed by atoms with Crippen LogP contribution in [0.5, 0.6) is 0 Å². The number of hydrogen-bond acceptors (Lipinski definition) is 11. The van der Waals surface area contributed by atoms with Gasteiger partial charge in [0.25, 0.3) is 11.8 Å². The maximum absolute atomic E-state index is 13.7. The van der Waals surface area contributed by atoms with E-state index in [0.29, 0.717) is 16.2 Å². The predicted octanol–water partition coefficient (Wildman–Crippen LogP) is 1.25. The minimum absolute atomic E-state index is 0.0195. The lowest BCUT2D eigenvalue weighted by Gasteiger charge is -2.50. The van der Waals surface area contributed by atoms with Crippen LogP contribution in [0.25, 0.3) is 0 Å². The molecule has 12 nitrogen and oxygen atoms in total. The highest BCUT2D eigenvalue weighted by molar-refractivity contribution is 8.03. The molecule has 0 aliphatic carbocycles. The first-order valence-electron chi connectivity index (χ1n) is 9.45. The fourth-order valence-electron chi connectivity index (χ4n) is 3.63. The molecule has 0 bridgehead atoms. The van der Waals surface area contributed by atoms with Gasteiger partial charge in [-0.3, -0.25) is 14.5 Å². The van der Waals surface area contributed by atoms with Gasteiger partial charge in [-0.25, -0.2) is 19.2 Å². The van der Waals surface area contributed by atoms with Gasteiger partial charge in [0.15, 0.2) is 22.5 Å². The summed E-state index contributed by atoms with van der Waals surface area (Å²) in [6, 6.07) is -0.585. The number of rotatable bonds is 6. The Hall–Kier alpha value is -3.43. The molecule has 0 spiro atoms. The van der Waals surface area contributed by atoms with Crippen molar-refractivity contribution in [1.82, 2.24) is 20.2 Å². The van der Waals surface area contributed by atoms with Crippen LogP contribution in [0.4, 0.5) is 15.3 Å². The van der Waals surface area contributed by atoms with E-state index >= 15 is 0 Å². The number of hydrogen-bond donors (Lipinski definition) is 5. The second kappa shape index (κ2) is 9.08. The second-order valence-corrected chi connectivity index (χ2v) is 9.91. The first-order chi connectivity index (χ1) is 16.1. The quantitative estimate of drug-likeness (QED) is 0.158. The summed E-state index contributed by atoms with van der Waals surface area (Å²) in [7, 11) is 0. The van der Waals surface area contributed by atoms with Crippen molar-refractivity contribution in [2.45, 2.75) is 29.8 Å². The van der Waals surface area contributed by atoms with Crippen LogP contribution >= 0.6 is 34.7 Å². The number of nitrogens with zero attached hydrogens (tertiary/aromatic N) is 4. The van der Waals surface area contributed by atoms with Crippen molar-refractivity contribution in [2.24, 2.45) is 5.16 Å². The molecule has 2 aliphatic heterocycles. The van der Waals surface area contributed by atoms with Crippen LogP contribution in [0.2, 0.25) is 4.34 Å². The second-order valence-electron chi connectivity index (χ2n) is 7.11. The lowest BCUT2D eigenvalue weighted by molar-refractivity contribution is -0.155. The Morgan fingerprint density at radius 1 is 1.41 bits per heavy atom. The molecule has 2 aliphatic rings. The van der Waals surface area contributed by atoms with E-state index in [1.54, 1.807) is 0 Å². The third-order valence-electron chi connectivity index (χ3n) is 5.11. The number of aliphatic carboxylic acids is 1. The fraction of sp³-hybridized carbons (Fsp3) is 0.222. The maximum Gasteiger partial charge on any atom is 0.353 e. The number of thiazole rings is 1. The van der Waals surface area contributed by atoms with Crippen molar-refractivity contribution in [3.05, 3.63) is 38.7 Å². The minimum Gasteiger partial charge on any atom is -0.477 e. The Morgan fingerprint density at radius 3 is 2.74 bits per heavy atom. The smallest absolute Gasteiger partial charge is 0.353 e. The minimum atomic E-state index is -1.35. The number of thioether (sulfide) groups is 1. The molecular weight excluding hydrogens is 513 g/mol. The number of amides is 2. The van der Waals surface area contributed by atoms with E-state index in [2.05, 4.69) is 20.4 Å². The zero-order valence-corrected chi connectivity index (χ0v) is 19.2. The van der Waals surface area contributed by atoms with Gasteiger partial charge in [0, 0.05) is 16.0 Å². The molecule has 2 aromatic heterocycles. The molecule has 2 amide bonds. The summed E-state index contributed by atoms with van der Waals surface area (Å²) in [5.74, 6) is -3.99. The van der Waals surface area contributed by atoms with Crippen molar-refractivity contribution in [1.29, 1.82) is 0 Å². The number of carbonyl (C=O) groups is 3. The highest BCUT2D eigenvalue weighted by atomic mass is 35.5. The topological polar surface area (TPSA) is 197 Å². The largest absolute Gasteiger partial charge is 0.477 e. The Bertz CT molecular complexity index is 1280. The lowest BCUT2D eigenvalue weighted by Crippen LogP contribution is -2.72. The van der Waals surface area contributed by atoms with E-state index in [1.165, 1.54) is 6.20 Å². The number of nitrogens with two attached hydrogens (primary N) is 2. The molecule has 4 rings (SSSR count). The number of carboxylic acid groups (broad SMARTS) is 1. The number of oxime groups is 1. The molecule has 0 unspecified atom stereocenters. The number of aromatic nitrogens is 2. The Kier molecular flexibility index (Phi) is 6.33. The van der Waals surface area contributed by atoms with Crippen molar-refractivity contribution in [3.8, 4) is 0 Å². The van der Waals surface area contributed by atoms with E-state index in [4.69, 9.17) is 23.1 Å². The van der Waals surface area contributed by atoms with Crippen molar-refractivity contribution < 1.29 is 29.1 Å². The first kappa shape index (κ1) is 23.7. The normalized spacial score (nSPS) is 20.1. The molecule has 4 heterocycles. The number of fused-ring (bicyclic) bond motifs is 1. The number of nitrogens with one attached hydrogen (secondary N) is 1. The highest BCUT2D eigenvalue weighted by Crippen LogP contribution is 2.43. The molecule has 2 aromatic rings. The molecule has 34 heavy (non-hydrogen) atoms. The first-order valence-corrected chi connectivity index (χ1v) is 11.5. The number of carboxylic acids is 1. The molecular formula is C18H15ClFN7O5S2. The molecule has 7 N–H and O–H groups in total. The number of anilines is 2. The maximum atomic E-state index is 13.7. The predicted molar refractivity (Wildman–Crippen MR) is 121 cm³/mol. The van der Waals surface area contributed by atoms with Gasteiger partial charge in [0.2, 0.25) is 0 Å². The van der Waals surface area contributed by atoms with Gasteiger partial charge < -0.3 is 27.1 Å². The number of halogens is 2. The Labute approximate surface area is 203 Å². The summed E-state index contributed by atoms with van der Waals surface area (Å²) in [5.41, 5.74) is 9.97. The fourth-order valence-corrected chi connectivity index (χ4v) is 5.61. The van der Waals surface area contributed by atoms with Crippen LogP contribution in [-0.4, -0.2) is 60.8 Å². The van der Waals surface area contributed by atoms with Crippen LogP contribution in [-0.2, 0) is 14.4 Å². The lowest BCUT2D eigenvalue weighted by atomic mass is 9.86. The van der Waals surface area contributed by atoms with Crippen molar-refractivity contribution >= 4 is 69.1 Å². The van der Waals surface area contributed by atoms with Gasteiger partial charge in [0.1, 0.15) is 21.8 Å². The number of carbonyl (C=O) groups excluding carboxylic acids is 2. The standard InChI is InChI=1S/C18H15ClFN7O5S2/c19-13-10(25-18(22)34-13)11(26-32)15(28)24-9-7-1-2-8(12(17(30)31)27(7)16(9)29)33-5-3-6(20)14(21)23-4-5/h3-4,7,9,32H,1-2H2,(H2,21,23)(H2,22,25)(H,24,28)(H,30,31)/b26-11-/t7-,9+/m1/s1. The van der Waals surface area contributed by atoms with Gasteiger partial charge in [-0.1, -0.05) is 39.9 Å². The Morgan fingerprint density at radius 2 is 2.15 bits per heavy atom. The van der Waals surface area contributed by atoms with Crippen LogP contribution in [0.1, 0.15) is 18.5 Å². The molecule has 0 radical (unpaired) electrons. The van der Waals surface area contributed by atoms with E-state index in [1.807, 2.05) is 0 Å². The number of β-lactam (4-membered cyclic amide) rings is 1. The van der Waals surface area contributed by atoms with Crippen LogP contribution in [0.3, 0.4) is 0 Å². The summed E-state index contributed by atoms with van der Waals surface area (Å²) in [6.45, 7) is 0. The van der Waals surface area contributed by atoms with E-state index in [9.17, 15) is 29.1 Å². The van der Waals surface area contributed by atoms with Gasteiger partial charge in [-0.2, -0.15) is 0 Å². The Balaban J connectivity index is 1.54. The van der Waals surface area contributed by atoms with Gasteiger partial charge in [-0.15, -0.1) is 0 Å². The third kappa shape index (κ3) is 4.12. The highest BCUT2D eigenvalue weighted by Gasteiger charge is 2.54. The summed E-state index contributed by atoms with van der Waals surface area (Å²) in [4.78, 5) is 46.7. The third-order valence-corrected chi connectivity index (χ3v) is 7.29. The zero-order valence-electron chi connectivity index (χ0n) is 16.9. The van der Waals surface area contributed by atoms with Crippen LogP contribution in [0, 0.1) is 5.82 Å². The molecule has 2 atom stereocenters. The van der Waals surface area contributed by atoms with Gasteiger partial charge >= 0.3 is 5.97 Å².